The van der Waals surface area contributed by atoms with Gasteiger partial charge in [0.05, 0.1) is 73.2 Å². The van der Waals surface area contributed by atoms with Crippen LogP contribution in [-0.4, -0.2) is 166 Å². The van der Waals surface area contributed by atoms with Gasteiger partial charge in [0, 0.05) is 24.3 Å². The predicted molar refractivity (Wildman–Crippen MR) is 320 cm³/mol. The van der Waals surface area contributed by atoms with E-state index in [9.17, 15) is 78.7 Å². The number of aliphatic hydroxyl groups excluding tert-OH is 11. The summed E-state index contributed by atoms with van der Waals surface area (Å²) >= 11 is 0. The third-order valence-electron chi connectivity index (χ3n) is 13.3. The van der Waals surface area contributed by atoms with Crippen LogP contribution in [0.4, 0.5) is 0 Å². The molecule has 20 heteroatoms. The van der Waals surface area contributed by atoms with E-state index in [0.29, 0.717) is 19.4 Å². The molecule has 0 fully saturated rings. The van der Waals surface area contributed by atoms with E-state index in [1.165, 1.54) is 32.1 Å². The summed E-state index contributed by atoms with van der Waals surface area (Å²) in [5.41, 5.74) is 6.29. The van der Waals surface area contributed by atoms with Crippen molar-refractivity contribution in [2.24, 2.45) is 23.5 Å². The Hall–Kier alpha value is -4.59. The van der Waals surface area contributed by atoms with Gasteiger partial charge in [0.1, 0.15) is 5.78 Å². The van der Waals surface area contributed by atoms with Gasteiger partial charge in [-0.05, 0) is 115 Å². The third-order valence-corrected chi connectivity index (χ3v) is 13.7. The van der Waals surface area contributed by atoms with Crippen molar-refractivity contribution in [3.63, 3.8) is 0 Å². The van der Waals surface area contributed by atoms with Crippen molar-refractivity contribution < 1.29 is 88.0 Å². The molecule has 0 saturated carbocycles. The predicted octanol–water partition coefficient (Wildman–Crippen LogP) is 5.97. The van der Waals surface area contributed by atoms with Gasteiger partial charge in [-0.2, -0.15) is 8.42 Å². The number of Topliss-reactive ketones (excluding diaryl/α,β-unsaturated/α-hetero) is 1. The van der Waals surface area contributed by atoms with E-state index in [1.54, 1.807) is 48.6 Å². The number of carbonyl (C=O) groups excluding carboxylic acids is 1. The molecule has 15 unspecified atom stereocenters. The number of allylic oxidation sites excluding steroid dienone is 19. The second kappa shape index (κ2) is 46.7. The molecule has 15 atom stereocenters. The van der Waals surface area contributed by atoms with Gasteiger partial charge in [0.15, 0.2) is 0 Å². The molecule has 82 heavy (non-hydrogen) atoms. The van der Waals surface area contributed by atoms with E-state index >= 15 is 0 Å². The lowest BCUT2D eigenvalue weighted by molar-refractivity contribution is -0.133. The lowest BCUT2D eigenvalue weighted by atomic mass is 9.85. The molecule has 0 amide bonds. The Labute approximate surface area is 487 Å². The maximum atomic E-state index is 13.4. The van der Waals surface area contributed by atoms with Crippen molar-refractivity contribution in [3.8, 4) is 0 Å². The quantitative estimate of drug-likeness (QED) is 0.0144. The van der Waals surface area contributed by atoms with Crippen LogP contribution in [0, 0.1) is 17.8 Å². The highest BCUT2D eigenvalue weighted by Gasteiger charge is 2.34. The van der Waals surface area contributed by atoms with Crippen LogP contribution in [0.5, 0.6) is 0 Å². The lowest BCUT2D eigenvalue weighted by Gasteiger charge is -2.26. The number of ketones is 1. The van der Waals surface area contributed by atoms with Crippen molar-refractivity contribution >= 4 is 22.2 Å². The SMILES string of the molecule is CCCC(CCC=CC=CC=CC=CC(=O)O)C(O)C(C)=CC=CC=CC=CC=CC=CC=CCC(OS(=O)(=O)O)C(C)C(=O)C(C)C(O)CC(O)C=CCC(O)CC(O)CC(O)CC(O)CC(O)CC(O)CC(O)CC(O)CCCN. The molecule has 19 nitrogen and oxygen atoms in total. The normalized spacial score (nSPS) is 19.2. The number of carbonyl (C=O) groups is 2. The molecule has 0 rings (SSSR count). The van der Waals surface area contributed by atoms with Crippen molar-refractivity contribution in [3.05, 3.63) is 145 Å². The number of nitrogens with two attached hydrogens (primary N) is 1. The van der Waals surface area contributed by atoms with E-state index in [2.05, 4.69) is 6.92 Å². The highest BCUT2D eigenvalue weighted by molar-refractivity contribution is 7.80. The topological polar surface area (TPSA) is 367 Å². The first-order chi connectivity index (χ1) is 38.8. The van der Waals surface area contributed by atoms with Crippen LogP contribution in [0.25, 0.3) is 0 Å². The monoisotopic (exact) mass is 1180 g/mol. The molecule has 0 aromatic heterocycles. The van der Waals surface area contributed by atoms with Gasteiger partial charge in [-0.3, -0.25) is 9.35 Å². The Morgan fingerprint density at radius 2 is 0.963 bits per heavy atom. The van der Waals surface area contributed by atoms with Crippen molar-refractivity contribution in [2.75, 3.05) is 6.54 Å². The second-order valence-corrected chi connectivity index (χ2v) is 21.9. The molecule has 0 saturated heterocycles. The van der Waals surface area contributed by atoms with Gasteiger partial charge in [0.25, 0.3) is 0 Å². The van der Waals surface area contributed by atoms with Gasteiger partial charge in [-0.25, -0.2) is 8.98 Å². The summed E-state index contributed by atoms with van der Waals surface area (Å²) in [6.45, 7) is 7.22. The first kappa shape index (κ1) is 77.4. The first-order valence-corrected chi connectivity index (χ1v) is 29.8. The molecule has 466 valence electrons. The van der Waals surface area contributed by atoms with Crippen LogP contribution in [0.3, 0.4) is 0 Å². The van der Waals surface area contributed by atoms with E-state index < -0.39 is 107 Å². The minimum Gasteiger partial charge on any atom is -0.478 e. The average Bonchev–Trinajstić information content (AvgIpc) is 3.38. The van der Waals surface area contributed by atoms with Crippen molar-refractivity contribution in [2.45, 2.75) is 204 Å². The Morgan fingerprint density at radius 3 is 1.43 bits per heavy atom. The number of aliphatic hydroxyl groups is 11. The molecule has 0 aliphatic rings. The van der Waals surface area contributed by atoms with Crippen LogP contribution < -0.4 is 5.73 Å². The number of hydrogen-bond acceptors (Lipinski definition) is 17. The maximum Gasteiger partial charge on any atom is 0.397 e. The molecule has 0 heterocycles. The average molecular weight is 1180 g/mol. The summed E-state index contributed by atoms with van der Waals surface area (Å²) in [4.78, 5) is 23.9. The zero-order valence-corrected chi connectivity index (χ0v) is 49.1. The van der Waals surface area contributed by atoms with E-state index in [0.717, 1.165) is 37.3 Å². The van der Waals surface area contributed by atoms with Crippen LogP contribution in [0.2, 0.25) is 0 Å². The van der Waals surface area contributed by atoms with Gasteiger partial charge in [-0.1, -0.05) is 161 Å². The molecular weight excluding hydrogens is 1080 g/mol. The van der Waals surface area contributed by atoms with Crippen LogP contribution in [0.1, 0.15) is 130 Å². The summed E-state index contributed by atoms with van der Waals surface area (Å²) in [6.07, 6.45) is 29.2. The van der Waals surface area contributed by atoms with Gasteiger partial charge >= 0.3 is 16.4 Å². The Bertz CT molecular complexity index is 2210. The summed E-state index contributed by atoms with van der Waals surface area (Å²) < 4.78 is 37.7. The minimum absolute atomic E-state index is 0.0277. The zero-order valence-electron chi connectivity index (χ0n) is 48.3. The van der Waals surface area contributed by atoms with Gasteiger partial charge in [-0.15, -0.1) is 0 Å². The molecule has 0 aromatic carbocycles. The van der Waals surface area contributed by atoms with Crippen LogP contribution >= 0.6 is 0 Å². The molecular formula is C62H99NO18S. The summed E-state index contributed by atoms with van der Waals surface area (Å²) in [5, 5.41) is 123. The fourth-order valence-corrected chi connectivity index (χ4v) is 9.35. The number of hydrogen-bond donors (Lipinski definition) is 14. The molecule has 0 aromatic rings. The summed E-state index contributed by atoms with van der Waals surface area (Å²) in [5.74, 6) is -3.67. The van der Waals surface area contributed by atoms with E-state index in [-0.39, 0.29) is 70.1 Å². The maximum absolute atomic E-state index is 13.4. The molecule has 15 N–H and O–H groups in total. The van der Waals surface area contributed by atoms with Crippen molar-refractivity contribution in [1.82, 2.24) is 0 Å². The van der Waals surface area contributed by atoms with E-state index in [4.69, 9.17) is 15.0 Å². The fourth-order valence-electron chi connectivity index (χ4n) is 8.79. The number of aliphatic carboxylic acids is 1. The minimum atomic E-state index is -4.97. The summed E-state index contributed by atoms with van der Waals surface area (Å²) in [7, 11) is -4.97. The lowest BCUT2D eigenvalue weighted by Crippen LogP contribution is -2.38. The zero-order chi connectivity index (χ0) is 61.9. The number of rotatable bonds is 47. The Morgan fingerprint density at radius 1 is 0.524 bits per heavy atom. The molecule has 0 aliphatic carbocycles. The highest BCUT2D eigenvalue weighted by atomic mass is 32.3. The largest absolute Gasteiger partial charge is 0.478 e. The standard InChI is InChI=1S/C62H99NO18S/c1-5-28-48(30-23-19-15-12-13-17-21-25-35-60(74)75)61(76)45(2)29-22-18-14-10-8-6-7-9-11-16-20-24-34-59(81-82(78,79)80)47(4)62(77)46(3)58(73)44-51(66)32-26-31-49(64)37-52(67)39-54(69)41-56(71)43-57(72)42-55(70)40-53(68)38-50(65)33-27-36-63/h6-22,24-26,29,32,35,46-59,61,64-73,76H,5,23,27-28,30-31,33-34,36-44,63H2,1-4H3,(H,74,75)(H,78,79,80). The highest BCUT2D eigenvalue weighted by Crippen LogP contribution is 2.25. The fraction of sp³-hybridized carbons (Fsp3) is 0.581. The van der Waals surface area contributed by atoms with Crippen molar-refractivity contribution in [1.29, 1.82) is 0 Å². The Balaban J connectivity index is 4.98. The van der Waals surface area contributed by atoms with Crippen LogP contribution in [-0.2, 0) is 24.2 Å². The molecule has 0 bridgehead atoms. The second-order valence-electron chi connectivity index (χ2n) is 20.9. The molecule has 0 spiro atoms. The number of carboxylic acids is 1. The van der Waals surface area contributed by atoms with E-state index in [1.807, 2.05) is 73.8 Å². The third kappa shape index (κ3) is 42.3. The van der Waals surface area contributed by atoms with Gasteiger partial charge < -0.3 is 67.0 Å². The smallest absolute Gasteiger partial charge is 0.397 e. The molecule has 0 aliphatic heterocycles. The first-order valence-electron chi connectivity index (χ1n) is 28.4. The van der Waals surface area contributed by atoms with Gasteiger partial charge in [0.2, 0.25) is 0 Å². The molecule has 0 radical (unpaired) electrons. The summed E-state index contributed by atoms with van der Waals surface area (Å²) in [6, 6.07) is 0. The Kier molecular flexibility index (Phi) is 44.1. The van der Waals surface area contributed by atoms with Crippen LogP contribution in [0.15, 0.2) is 145 Å². The number of carboxylic acid groups (broad SMARTS) is 1.